The van der Waals surface area contributed by atoms with E-state index < -0.39 is 0 Å². The van der Waals surface area contributed by atoms with Crippen LogP contribution in [0.3, 0.4) is 0 Å². The molecule has 2 amide bonds. The summed E-state index contributed by atoms with van der Waals surface area (Å²) in [6.07, 6.45) is 3.78. The van der Waals surface area contributed by atoms with Gasteiger partial charge in [0.1, 0.15) is 5.69 Å². The van der Waals surface area contributed by atoms with Crippen LogP contribution in [-0.2, 0) is 11.3 Å². The van der Waals surface area contributed by atoms with Gasteiger partial charge in [-0.25, -0.2) is 0 Å². The Hall–Kier alpha value is -3.41. The molecule has 1 aliphatic rings. The number of amides is 2. The standard InChI is InChI=1S/C22H22N4O2/c27-20(24-18-11-12-18)13-23-22(28)19-15-26(14-16-7-3-1-4-8-16)25-21(19)17-9-5-2-6-10-17/h1-10,15,18H,11-14H2,(H,23,28)(H,24,27). The minimum Gasteiger partial charge on any atom is -0.352 e. The van der Waals surface area contributed by atoms with Gasteiger partial charge in [-0.3, -0.25) is 14.3 Å². The quantitative estimate of drug-likeness (QED) is 0.667. The summed E-state index contributed by atoms with van der Waals surface area (Å²) in [4.78, 5) is 24.6. The summed E-state index contributed by atoms with van der Waals surface area (Å²) in [5, 5.41) is 10.2. The van der Waals surface area contributed by atoms with Gasteiger partial charge in [0.2, 0.25) is 5.91 Å². The third-order valence-corrected chi connectivity index (χ3v) is 4.59. The molecule has 6 nitrogen and oxygen atoms in total. The van der Waals surface area contributed by atoms with Crippen molar-refractivity contribution in [2.45, 2.75) is 25.4 Å². The van der Waals surface area contributed by atoms with Gasteiger partial charge in [0.15, 0.2) is 0 Å². The number of hydrogen-bond donors (Lipinski definition) is 2. The van der Waals surface area contributed by atoms with Crippen LogP contribution >= 0.6 is 0 Å². The number of hydrogen-bond acceptors (Lipinski definition) is 3. The van der Waals surface area contributed by atoms with Crippen molar-refractivity contribution in [1.82, 2.24) is 20.4 Å². The van der Waals surface area contributed by atoms with E-state index in [0.717, 1.165) is 24.0 Å². The Kier molecular flexibility index (Phi) is 5.19. The van der Waals surface area contributed by atoms with E-state index in [9.17, 15) is 9.59 Å². The van der Waals surface area contributed by atoms with Gasteiger partial charge in [0.25, 0.3) is 5.91 Å². The molecule has 0 saturated heterocycles. The van der Waals surface area contributed by atoms with Crippen molar-refractivity contribution in [2.24, 2.45) is 0 Å². The molecule has 1 saturated carbocycles. The second-order valence-corrected chi connectivity index (χ2v) is 6.97. The zero-order valence-electron chi connectivity index (χ0n) is 15.5. The fourth-order valence-corrected chi connectivity index (χ4v) is 3.01. The Morgan fingerprint density at radius 1 is 1.00 bits per heavy atom. The fourth-order valence-electron chi connectivity index (χ4n) is 3.01. The van der Waals surface area contributed by atoms with Crippen LogP contribution in [-0.4, -0.2) is 34.2 Å². The van der Waals surface area contributed by atoms with Crippen LogP contribution < -0.4 is 10.6 Å². The van der Waals surface area contributed by atoms with Crippen LogP contribution in [0.1, 0.15) is 28.8 Å². The lowest BCUT2D eigenvalue weighted by Gasteiger charge is -2.06. The highest BCUT2D eigenvalue weighted by Gasteiger charge is 2.24. The lowest BCUT2D eigenvalue weighted by Crippen LogP contribution is -2.37. The highest BCUT2D eigenvalue weighted by molar-refractivity contribution is 6.01. The molecule has 28 heavy (non-hydrogen) atoms. The lowest BCUT2D eigenvalue weighted by molar-refractivity contribution is -0.120. The number of nitrogens with zero attached hydrogens (tertiary/aromatic N) is 2. The molecule has 4 rings (SSSR count). The normalized spacial score (nSPS) is 13.1. The van der Waals surface area contributed by atoms with Gasteiger partial charge in [0.05, 0.1) is 18.7 Å². The second-order valence-electron chi connectivity index (χ2n) is 6.97. The first-order valence-corrected chi connectivity index (χ1v) is 9.43. The largest absolute Gasteiger partial charge is 0.352 e. The molecule has 1 heterocycles. The molecule has 0 atom stereocenters. The van der Waals surface area contributed by atoms with E-state index in [0.29, 0.717) is 17.8 Å². The van der Waals surface area contributed by atoms with Crippen molar-refractivity contribution in [3.8, 4) is 11.3 Å². The maximum absolute atomic E-state index is 12.8. The monoisotopic (exact) mass is 374 g/mol. The van der Waals surface area contributed by atoms with Crippen LogP contribution in [0.4, 0.5) is 0 Å². The molecule has 142 valence electrons. The maximum Gasteiger partial charge on any atom is 0.255 e. The van der Waals surface area contributed by atoms with E-state index in [1.165, 1.54) is 0 Å². The smallest absolute Gasteiger partial charge is 0.255 e. The SMILES string of the molecule is O=C(CNC(=O)c1cn(Cc2ccccc2)nc1-c1ccccc1)NC1CC1. The summed E-state index contributed by atoms with van der Waals surface area (Å²) in [7, 11) is 0. The molecule has 0 aliphatic heterocycles. The Morgan fingerprint density at radius 2 is 1.68 bits per heavy atom. The highest BCUT2D eigenvalue weighted by Crippen LogP contribution is 2.22. The van der Waals surface area contributed by atoms with Crippen LogP contribution in [0.5, 0.6) is 0 Å². The van der Waals surface area contributed by atoms with Crippen molar-refractivity contribution in [1.29, 1.82) is 0 Å². The van der Waals surface area contributed by atoms with E-state index in [1.54, 1.807) is 10.9 Å². The molecule has 2 N–H and O–H groups in total. The van der Waals surface area contributed by atoms with Crippen LogP contribution in [0.25, 0.3) is 11.3 Å². The van der Waals surface area contributed by atoms with Gasteiger partial charge in [-0.05, 0) is 18.4 Å². The topological polar surface area (TPSA) is 76.0 Å². The highest BCUT2D eigenvalue weighted by atomic mass is 16.2. The Bertz CT molecular complexity index is 963. The molecule has 6 heteroatoms. The van der Waals surface area contributed by atoms with Crippen LogP contribution in [0.2, 0.25) is 0 Å². The average molecular weight is 374 g/mol. The zero-order chi connectivity index (χ0) is 19.3. The molecule has 0 unspecified atom stereocenters. The van der Waals surface area contributed by atoms with Gasteiger partial charge >= 0.3 is 0 Å². The molecule has 0 bridgehead atoms. The minimum atomic E-state index is -0.302. The zero-order valence-corrected chi connectivity index (χ0v) is 15.5. The molecular formula is C22H22N4O2. The van der Waals surface area contributed by atoms with Gasteiger partial charge in [-0.1, -0.05) is 60.7 Å². The molecule has 0 radical (unpaired) electrons. The lowest BCUT2D eigenvalue weighted by atomic mass is 10.1. The predicted molar refractivity (Wildman–Crippen MR) is 107 cm³/mol. The summed E-state index contributed by atoms with van der Waals surface area (Å²) in [6.45, 7) is 0.531. The molecular weight excluding hydrogens is 352 g/mol. The van der Waals surface area contributed by atoms with E-state index >= 15 is 0 Å². The maximum atomic E-state index is 12.8. The number of aromatic nitrogens is 2. The van der Waals surface area contributed by atoms with Gasteiger partial charge in [-0.2, -0.15) is 5.10 Å². The van der Waals surface area contributed by atoms with Crippen molar-refractivity contribution in [3.63, 3.8) is 0 Å². The third kappa shape index (κ3) is 4.46. The third-order valence-electron chi connectivity index (χ3n) is 4.59. The number of nitrogens with one attached hydrogen (secondary N) is 2. The Morgan fingerprint density at radius 3 is 2.36 bits per heavy atom. The first-order chi connectivity index (χ1) is 13.7. The summed E-state index contributed by atoms with van der Waals surface area (Å²) < 4.78 is 1.76. The van der Waals surface area contributed by atoms with Crippen molar-refractivity contribution < 1.29 is 9.59 Å². The molecule has 1 fully saturated rings. The van der Waals surface area contributed by atoms with Gasteiger partial charge in [-0.15, -0.1) is 0 Å². The molecule has 2 aromatic carbocycles. The first-order valence-electron chi connectivity index (χ1n) is 9.43. The van der Waals surface area contributed by atoms with E-state index in [1.807, 2.05) is 60.7 Å². The van der Waals surface area contributed by atoms with Crippen molar-refractivity contribution in [3.05, 3.63) is 78.0 Å². The number of rotatable bonds is 7. The fraction of sp³-hybridized carbons (Fsp3) is 0.227. The van der Waals surface area contributed by atoms with E-state index in [2.05, 4.69) is 15.7 Å². The molecule has 1 aliphatic carbocycles. The van der Waals surface area contributed by atoms with E-state index in [4.69, 9.17) is 0 Å². The Labute approximate surface area is 163 Å². The summed E-state index contributed by atoms with van der Waals surface area (Å²) in [5.41, 5.74) is 3.03. The minimum absolute atomic E-state index is 0.0343. The van der Waals surface area contributed by atoms with Crippen LogP contribution in [0, 0.1) is 0 Å². The average Bonchev–Trinajstić information content (AvgIpc) is 3.44. The summed E-state index contributed by atoms with van der Waals surface area (Å²) in [5.74, 6) is -0.460. The second kappa shape index (κ2) is 8.08. The van der Waals surface area contributed by atoms with Gasteiger partial charge < -0.3 is 10.6 Å². The number of carbonyl (C=O) groups excluding carboxylic acids is 2. The van der Waals surface area contributed by atoms with Crippen LogP contribution in [0.15, 0.2) is 66.9 Å². The van der Waals surface area contributed by atoms with Crippen molar-refractivity contribution in [2.75, 3.05) is 6.54 Å². The van der Waals surface area contributed by atoms with Gasteiger partial charge in [0, 0.05) is 17.8 Å². The predicted octanol–water partition coefficient (Wildman–Crippen LogP) is 2.61. The molecule has 1 aromatic heterocycles. The number of carbonyl (C=O) groups is 2. The molecule has 3 aromatic rings. The van der Waals surface area contributed by atoms with Crippen molar-refractivity contribution >= 4 is 11.8 Å². The van der Waals surface area contributed by atoms with E-state index in [-0.39, 0.29) is 24.4 Å². The molecule has 0 spiro atoms. The summed E-state index contributed by atoms with van der Waals surface area (Å²) in [6, 6.07) is 19.8. The first kappa shape index (κ1) is 18.0. The number of benzene rings is 2. The summed E-state index contributed by atoms with van der Waals surface area (Å²) >= 11 is 0. The Balaban J connectivity index is 1.54.